The van der Waals surface area contributed by atoms with Crippen LogP contribution in [-0.2, 0) is 27.3 Å². The van der Waals surface area contributed by atoms with Crippen LogP contribution < -0.4 is 16.0 Å². The van der Waals surface area contributed by atoms with E-state index in [2.05, 4.69) is 28.1 Å². The third-order valence-electron chi connectivity index (χ3n) is 6.36. The molecule has 206 valence electrons. The van der Waals surface area contributed by atoms with Crippen LogP contribution in [0.2, 0.25) is 0 Å². The lowest BCUT2D eigenvalue weighted by molar-refractivity contribution is -0.123. The fourth-order valence-corrected chi connectivity index (χ4v) is 4.29. The van der Waals surface area contributed by atoms with Crippen molar-refractivity contribution in [2.24, 2.45) is 5.92 Å². The first-order valence-corrected chi connectivity index (χ1v) is 13.4. The van der Waals surface area contributed by atoms with Gasteiger partial charge < -0.3 is 25.4 Å². The molecular formula is C30H41N3O5. The minimum absolute atomic E-state index is 0.0434. The first kappa shape index (κ1) is 29.0. The van der Waals surface area contributed by atoms with E-state index in [0.717, 1.165) is 37.7 Å². The van der Waals surface area contributed by atoms with Gasteiger partial charge in [-0.2, -0.15) is 0 Å². The molecule has 8 heteroatoms. The maximum absolute atomic E-state index is 12.9. The van der Waals surface area contributed by atoms with Crippen LogP contribution >= 0.6 is 0 Å². The maximum atomic E-state index is 12.9. The first-order chi connectivity index (χ1) is 18.1. The molecule has 0 aliphatic heterocycles. The Labute approximate surface area is 225 Å². The Kier molecular flexibility index (Phi) is 10.6. The van der Waals surface area contributed by atoms with E-state index in [-0.39, 0.29) is 30.5 Å². The molecule has 0 bridgehead atoms. The molecule has 0 heterocycles. The number of hydrogen-bond donors (Lipinski definition) is 3. The van der Waals surface area contributed by atoms with Crippen LogP contribution in [0, 0.1) is 5.92 Å². The number of ether oxygens (including phenoxy) is 2. The molecule has 3 rings (SSSR count). The molecule has 1 saturated carbocycles. The smallest absolute Gasteiger partial charge is 0.408 e. The largest absolute Gasteiger partial charge is 0.445 e. The van der Waals surface area contributed by atoms with E-state index >= 15 is 0 Å². The summed E-state index contributed by atoms with van der Waals surface area (Å²) in [6, 6.07) is 18.8. The van der Waals surface area contributed by atoms with E-state index in [0.29, 0.717) is 0 Å². The maximum Gasteiger partial charge on any atom is 0.408 e. The van der Waals surface area contributed by atoms with Crippen molar-refractivity contribution in [2.45, 2.75) is 90.1 Å². The number of benzene rings is 2. The van der Waals surface area contributed by atoms with Crippen LogP contribution in [-0.4, -0.2) is 41.8 Å². The first-order valence-electron chi connectivity index (χ1n) is 13.4. The average molecular weight is 524 g/mol. The lowest BCUT2D eigenvalue weighted by Gasteiger charge is -2.22. The minimum atomic E-state index is -0.746. The van der Waals surface area contributed by atoms with Gasteiger partial charge in [-0.05, 0) is 76.8 Å². The van der Waals surface area contributed by atoms with E-state index in [9.17, 15) is 14.4 Å². The SMILES string of the molecule is C[C@H](NC(=O)OCc1ccccc1)C(=O)N[C@H](CCCc1ccccc1)C[C@@H]1C[C@@H]1NC(=O)OC(C)(C)C. The highest BCUT2D eigenvalue weighted by atomic mass is 16.6. The summed E-state index contributed by atoms with van der Waals surface area (Å²) in [5.41, 5.74) is 1.58. The van der Waals surface area contributed by atoms with E-state index in [4.69, 9.17) is 9.47 Å². The number of alkyl carbamates (subject to hydrolysis) is 2. The molecule has 1 fully saturated rings. The Morgan fingerprint density at radius 1 is 0.921 bits per heavy atom. The molecule has 1 aliphatic rings. The van der Waals surface area contributed by atoms with E-state index in [1.807, 2.05) is 69.3 Å². The Hall–Kier alpha value is -3.55. The number of amides is 3. The predicted octanol–water partition coefficient (Wildman–Crippen LogP) is 5.11. The molecule has 4 atom stereocenters. The van der Waals surface area contributed by atoms with Gasteiger partial charge in [0.05, 0.1) is 0 Å². The Bertz CT molecular complexity index is 1040. The van der Waals surface area contributed by atoms with Crippen LogP contribution in [0.25, 0.3) is 0 Å². The Morgan fingerprint density at radius 3 is 2.18 bits per heavy atom. The third kappa shape index (κ3) is 10.8. The van der Waals surface area contributed by atoms with Gasteiger partial charge in [0.15, 0.2) is 0 Å². The second-order valence-electron chi connectivity index (χ2n) is 11.0. The fraction of sp³-hybridized carbons (Fsp3) is 0.500. The molecular weight excluding hydrogens is 482 g/mol. The van der Waals surface area contributed by atoms with Gasteiger partial charge in [0.2, 0.25) is 5.91 Å². The van der Waals surface area contributed by atoms with Crippen molar-refractivity contribution in [1.29, 1.82) is 0 Å². The van der Waals surface area contributed by atoms with Crippen LogP contribution in [0.4, 0.5) is 9.59 Å². The number of aryl methyl sites for hydroxylation is 1. The van der Waals surface area contributed by atoms with Crippen molar-refractivity contribution >= 4 is 18.1 Å². The molecule has 1 aliphatic carbocycles. The van der Waals surface area contributed by atoms with Gasteiger partial charge in [0.25, 0.3) is 0 Å². The Morgan fingerprint density at radius 2 is 1.55 bits per heavy atom. The van der Waals surface area contributed by atoms with Gasteiger partial charge in [-0.15, -0.1) is 0 Å². The number of hydrogen-bond acceptors (Lipinski definition) is 5. The molecule has 0 unspecified atom stereocenters. The summed E-state index contributed by atoms with van der Waals surface area (Å²) in [5.74, 6) is 0.00678. The summed E-state index contributed by atoms with van der Waals surface area (Å²) >= 11 is 0. The summed E-state index contributed by atoms with van der Waals surface area (Å²) in [6.07, 6.45) is 3.16. The molecule has 0 aromatic heterocycles. The van der Waals surface area contributed by atoms with Gasteiger partial charge in [0.1, 0.15) is 18.2 Å². The third-order valence-corrected chi connectivity index (χ3v) is 6.36. The topological polar surface area (TPSA) is 106 Å². The zero-order valence-electron chi connectivity index (χ0n) is 22.9. The number of carbonyl (C=O) groups is 3. The molecule has 8 nitrogen and oxygen atoms in total. The highest BCUT2D eigenvalue weighted by molar-refractivity contribution is 5.85. The number of nitrogens with one attached hydrogen (secondary N) is 3. The summed E-state index contributed by atoms with van der Waals surface area (Å²) in [7, 11) is 0. The van der Waals surface area contributed by atoms with Crippen molar-refractivity contribution < 1.29 is 23.9 Å². The van der Waals surface area contributed by atoms with Crippen LogP contribution in [0.5, 0.6) is 0 Å². The zero-order chi connectivity index (χ0) is 27.5. The lowest BCUT2D eigenvalue weighted by atomic mass is 10.0. The van der Waals surface area contributed by atoms with Crippen LogP contribution in [0.1, 0.15) is 64.5 Å². The van der Waals surface area contributed by atoms with E-state index in [1.165, 1.54) is 5.56 Å². The minimum Gasteiger partial charge on any atom is -0.445 e. The second kappa shape index (κ2) is 13.8. The molecule has 3 amide bonds. The molecule has 38 heavy (non-hydrogen) atoms. The number of carbonyl (C=O) groups excluding carboxylic acids is 3. The number of rotatable bonds is 12. The van der Waals surface area contributed by atoms with Gasteiger partial charge in [-0.1, -0.05) is 60.7 Å². The summed E-state index contributed by atoms with van der Waals surface area (Å²) in [4.78, 5) is 37.3. The molecule has 3 N–H and O–H groups in total. The fourth-order valence-electron chi connectivity index (χ4n) is 4.29. The van der Waals surface area contributed by atoms with E-state index in [1.54, 1.807) is 6.92 Å². The second-order valence-corrected chi connectivity index (χ2v) is 11.0. The van der Waals surface area contributed by atoms with Gasteiger partial charge >= 0.3 is 12.2 Å². The van der Waals surface area contributed by atoms with Crippen molar-refractivity contribution in [2.75, 3.05) is 0 Å². The van der Waals surface area contributed by atoms with Crippen molar-refractivity contribution in [3.63, 3.8) is 0 Å². The lowest BCUT2D eigenvalue weighted by Crippen LogP contribution is -2.48. The van der Waals surface area contributed by atoms with Crippen molar-refractivity contribution in [3.8, 4) is 0 Å². The van der Waals surface area contributed by atoms with E-state index < -0.39 is 23.8 Å². The van der Waals surface area contributed by atoms with Gasteiger partial charge in [-0.25, -0.2) is 9.59 Å². The summed E-state index contributed by atoms with van der Waals surface area (Å²) < 4.78 is 10.6. The summed E-state index contributed by atoms with van der Waals surface area (Å²) in [6.45, 7) is 7.28. The highest BCUT2D eigenvalue weighted by Gasteiger charge is 2.40. The monoisotopic (exact) mass is 523 g/mol. The van der Waals surface area contributed by atoms with Crippen molar-refractivity contribution in [3.05, 3.63) is 71.8 Å². The van der Waals surface area contributed by atoms with Gasteiger partial charge in [0, 0.05) is 12.1 Å². The molecule has 2 aromatic rings. The van der Waals surface area contributed by atoms with Crippen LogP contribution in [0.15, 0.2) is 60.7 Å². The van der Waals surface area contributed by atoms with Crippen molar-refractivity contribution in [1.82, 2.24) is 16.0 Å². The zero-order valence-corrected chi connectivity index (χ0v) is 22.9. The average Bonchev–Trinajstić information content (AvgIpc) is 3.59. The predicted molar refractivity (Wildman–Crippen MR) is 146 cm³/mol. The molecule has 2 aromatic carbocycles. The summed E-state index contributed by atoms with van der Waals surface area (Å²) in [5, 5.41) is 8.66. The van der Waals surface area contributed by atoms with Gasteiger partial charge in [-0.3, -0.25) is 4.79 Å². The quantitative estimate of drug-likeness (QED) is 0.358. The normalized spacial score (nSPS) is 18.0. The van der Waals surface area contributed by atoms with Crippen LogP contribution in [0.3, 0.4) is 0 Å². The Balaban J connectivity index is 1.49. The standard InChI is InChI=1S/C30H41N3O5/c1-21(31-28(35)37-20-23-14-9-6-10-15-23)27(34)32-25(17-11-16-22-12-7-5-8-13-22)18-24-19-26(24)33-29(36)38-30(2,3)4/h5-10,12-15,21,24-26H,11,16-20H2,1-4H3,(H,31,35)(H,32,34)(H,33,36)/t21-,24+,25+,26-/m0/s1. The highest BCUT2D eigenvalue weighted by Crippen LogP contribution is 2.35. The molecule has 0 saturated heterocycles. The molecule has 0 radical (unpaired) electrons. The molecule has 0 spiro atoms.